The van der Waals surface area contributed by atoms with Crippen LogP contribution in [0.2, 0.25) is 0 Å². The number of ether oxygens (including phenoxy) is 2. The van der Waals surface area contributed by atoms with Gasteiger partial charge in [-0.1, -0.05) is 6.92 Å². The number of Topliss-reactive ketones (excluding diaryl/α,β-unsaturated/α-hetero) is 1. The molecule has 0 aliphatic carbocycles. The summed E-state index contributed by atoms with van der Waals surface area (Å²) in [6.45, 7) is 4.72. The van der Waals surface area contributed by atoms with E-state index in [0.29, 0.717) is 26.2 Å². The van der Waals surface area contributed by atoms with E-state index in [1.807, 2.05) is 21.0 Å². The minimum atomic E-state index is 0.137. The summed E-state index contributed by atoms with van der Waals surface area (Å²) in [6, 6.07) is 0. The van der Waals surface area contributed by atoms with Crippen molar-refractivity contribution < 1.29 is 14.3 Å². The van der Waals surface area contributed by atoms with E-state index in [2.05, 4.69) is 4.90 Å². The van der Waals surface area contributed by atoms with Gasteiger partial charge in [-0.3, -0.25) is 4.79 Å². The van der Waals surface area contributed by atoms with Crippen molar-refractivity contribution in [2.24, 2.45) is 0 Å². The predicted octanol–water partition coefficient (Wildman–Crippen LogP) is 0.560. The second-order valence-electron chi connectivity index (χ2n) is 3.36. The molecule has 0 heterocycles. The molecule has 84 valence electrons. The fourth-order valence-corrected chi connectivity index (χ4v) is 0.755. The normalized spacial score (nSPS) is 10.9. The molecule has 0 aliphatic rings. The molecule has 0 unspecified atom stereocenters. The van der Waals surface area contributed by atoms with E-state index in [4.69, 9.17) is 9.47 Å². The number of hydrogen-bond acceptors (Lipinski definition) is 4. The first-order chi connectivity index (χ1) is 6.66. The van der Waals surface area contributed by atoms with Crippen LogP contribution in [-0.2, 0) is 14.3 Å². The third-order valence-electron chi connectivity index (χ3n) is 1.71. The zero-order valence-corrected chi connectivity index (χ0v) is 9.41. The van der Waals surface area contributed by atoms with Gasteiger partial charge in [0.15, 0.2) is 5.78 Å². The summed E-state index contributed by atoms with van der Waals surface area (Å²) in [5, 5.41) is 0. The minimum absolute atomic E-state index is 0.137. The Kier molecular flexibility index (Phi) is 8.83. The molecule has 0 radical (unpaired) electrons. The summed E-state index contributed by atoms with van der Waals surface area (Å²) in [5.74, 6) is 0.137. The molecule has 14 heavy (non-hydrogen) atoms. The molecular formula is C10H21NO3. The van der Waals surface area contributed by atoms with Crippen molar-refractivity contribution in [3.05, 3.63) is 0 Å². The molecule has 0 bridgehead atoms. The molecule has 0 saturated carbocycles. The van der Waals surface area contributed by atoms with E-state index in [9.17, 15) is 4.79 Å². The number of nitrogens with zero attached hydrogens (tertiary/aromatic N) is 1. The van der Waals surface area contributed by atoms with Crippen LogP contribution in [0, 0.1) is 0 Å². The Balaban J connectivity index is 3.03. The molecule has 0 spiro atoms. The molecule has 0 rings (SSSR count). The first-order valence-corrected chi connectivity index (χ1v) is 4.98. The van der Waals surface area contributed by atoms with Gasteiger partial charge in [0.1, 0.15) is 6.61 Å². The molecule has 0 aromatic heterocycles. The van der Waals surface area contributed by atoms with Crippen LogP contribution in [0.3, 0.4) is 0 Å². The summed E-state index contributed by atoms with van der Waals surface area (Å²) in [7, 11) is 4.00. The highest BCUT2D eigenvalue weighted by molar-refractivity contribution is 5.79. The van der Waals surface area contributed by atoms with E-state index in [1.54, 1.807) is 0 Å². The number of ketones is 1. The Morgan fingerprint density at radius 1 is 1.14 bits per heavy atom. The van der Waals surface area contributed by atoms with Crippen molar-refractivity contribution in [2.75, 3.05) is 47.1 Å². The average molecular weight is 203 g/mol. The van der Waals surface area contributed by atoms with Gasteiger partial charge >= 0.3 is 0 Å². The summed E-state index contributed by atoms with van der Waals surface area (Å²) in [5.41, 5.74) is 0. The lowest BCUT2D eigenvalue weighted by molar-refractivity contribution is -0.123. The predicted molar refractivity (Wildman–Crippen MR) is 55.5 cm³/mol. The quantitative estimate of drug-likeness (QED) is 0.513. The fraction of sp³-hybridized carbons (Fsp3) is 0.900. The van der Waals surface area contributed by atoms with Gasteiger partial charge in [0.25, 0.3) is 0 Å². The third-order valence-corrected chi connectivity index (χ3v) is 1.71. The van der Waals surface area contributed by atoms with Crippen molar-refractivity contribution in [3.8, 4) is 0 Å². The highest BCUT2D eigenvalue weighted by atomic mass is 16.5. The lowest BCUT2D eigenvalue weighted by atomic mass is 10.3. The molecule has 0 amide bonds. The van der Waals surface area contributed by atoms with Crippen molar-refractivity contribution in [2.45, 2.75) is 13.3 Å². The standard InChI is InChI=1S/C10H21NO3/c1-4-10(12)9-14-8-7-13-6-5-11(2)3/h4-9H2,1-3H3. The fourth-order valence-electron chi connectivity index (χ4n) is 0.755. The van der Waals surface area contributed by atoms with Crippen LogP contribution < -0.4 is 0 Å². The van der Waals surface area contributed by atoms with Crippen LogP contribution in [-0.4, -0.2) is 57.8 Å². The summed E-state index contributed by atoms with van der Waals surface area (Å²) in [4.78, 5) is 12.9. The highest BCUT2D eigenvalue weighted by Gasteiger charge is 1.97. The van der Waals surface area contributed by atoms with Crippen LogP contribution in [0.5, 0.6) is 0 Å². The van der Waals surface area contributed by atoms with E-state index in [0.717, 1.165) is 6.54 Å². The number of rotatable bonds is 9. The van der Waals surface area contributed by atoms with Crippen LogP contribution >= 0.6 is 0 Å². The van der Waals surface area contributed by atoms with Gasteiger partial charge < -0.3 is 14.4 Å². The van der Waals surface area contributed by atoms with Crippen molar-refractivity contribution in [1.29, 1.82) is 0 Å². The molecule has 0 N–H and O–H groups in total. The first-order valence-electron chi connectivity index (χ1n) is 4.98. The molecule has 0 aromatic rings. The monoisotopic (exact) mass is 203 g/mol. The Hall–Kier alpha value is -0.450. The van der Waals surface area contributed by atoms with Gasteiger partial charge in [0.05, 0.1) is 19.8 Å². The minimum Gasteiger partial charge on any atom is -0.378 e. The summed E-state index contributed by atoms with van der Waals surface area (Å²) in [6.07, 6.45) is 0.543. The van der Waals surface area contributed by atoms with Crippen LogP contribution in [0.1, 0.15) is 13.3 Å². The second-order valence-corrected chi connectivity index (χ2v) is 3.36. The molecular weight excluding hydrogens is 182 g/mol. The Bertz CT molecular complexity index is 148. The van der Waals surface area contributed by atoms with E-state index in [1.165, 1.54) is 0 Å². The molecule has 0 aromatic carbocycles. The van der Waals surface area contributed by atoms with Crippen LogP contribution in [0.4, 0.5) is 0 Å². The van der Waals surface area contributed by atoms with Gasteiger partial charge in [-0.05, 0) is 14.1 Å². The first kappa shape index (κ1) is 13.5. The second kappa shape index (κ2) is 9.12. The Labute approximate surface area is 86.2 Å². The van der Waals surface area contributed by atoms with Gasteiger partial charge in [0.2, 0.25) is 0 Å². The van der Waals surface area contributed by atoms with Gasteiger partial charge in [-0.25, -0.2) is 0 Å². The zero-order chi connectivity index (χ0) is 10.8. The zero-order valence-electron chi connectivity index (χ0n) is 9.41. The number of likely N-dealkylation sites (N-methyl/N-ethyl adjacent to an activating group) is 1. The van der Waals surface area contributed by atoms with Crippen molar-refractivity contribution >= 4 is 5.78 Å². The third kappa shape index (κ3) is 9.64. The van der Waals surface area contributed by atoms with E-state index in [-0.39, 0.29) is 12.4 Å². The van der Waals surface area contributed by atoms with Gasteiger partial charge in [-0.15, -0.1) is 0 Å². The number of carbonyl (C=O) groups excluding carboxylic acids is 1. The maximum absolute atomic E-state index is 10.8. The molecule has 0 aliphatic heterocycles. The Morgan fingerprint density at radius 3 is 2.36 bits per heavy atom. The molecule has 4 nitrogen and oxygen atoms in total. The maximum atomic E-state index is 10.8. The van der Waals surface area contributed by atoms with Gasteiger partial charge in [-0.2, -0.15) is 0 Å². The highest BCUT2D eigenvalue weighted by Crippen LogP contribution is 1.84. The molecule has 0 fully saturated rings. The lowest BCUT2D eigenvalue weighted by Crippen LogP contribution is -2.19. The molecule has 0 saturated heterocycles. The SMILES string of the molecule is CCC(=O)COCCOCCN(C)C. The van der Waals surface area contributed by atoms with E-state index >= 15 is 0 Å². The van der Waals surface area contributed by atoms with Crippen molar-refractivity contribution in [1.82, 2.24) is 4.90 Å². The van der Waals surface area contributed by atoms with Gasteiger partial charge in [0, 0.05) is 13.0 Å². The molecule has 4 heteroatoms. The van der Waals surface area contributed by atoms with Crippen LogP contribution in [0.15, 0.2) is 0 Å². The smallest absolute Gasteiger partial charge is 0.158 e. The van der Waals surface area contributed by atoms with Crippen LogP contribution in [0.25, 0.3) is 0 Å². The number of carbonyl (C=O) groups is 1. The Morgan fingerprint density at radius 2 is 1.79 bits per heavy atom. The topological polar surface area (TPSA) is 38.8 Å². The average Bonchev–Trinajstić information content (AvgIpc) is 2.15. The maximum Gasteiger partial charge on any atom is 0.158 e. The summed E-state index contributed by atoms with van der Waals surface area (Å²) >= 11 is 0. The number of hydrogen-bond donors (Lipinski definition) is 0. The van der Waals surface area contributed by atoms with Crippen molar-refractivity contribution in [3.63, 3.8) is 0 Å². The largest absolute Gasteiger partial charge is 0.378 e. The van der Waals surface area contributed by atoms with E-state index < -0.39 is 0 Å². The lowest BCUT2D eigenvalue weighted by Gasteiger charge is -2.09. The molecule has 0 atom stereocenters. The summed E-state index contributed by atoms with van der Waals surface area (Å²) < 4.78 is 10.4.